The minimum absolute atomic E-state index is 0.292. The lowest BCUT2D eigenvalue weighted by molar-refractivity contribution is 0.399. The molecule has 4 rings (SSSR count). The summed E-state index contributed by atoms with van der Waals surface area (Å²) >= 11 is 1.72. The molecule has 0 aliphatic carbocycles. The number of fused-ring (bicyclic) bond motifs is 1. The number of nitrogens with zero attached hydrogens (tertiary/aromatic N) is 2. The molecule has 2 aromatic heterocycles. The molecule has 0 aliphatic heterocycles. The first-order valence-electron chi connectivity index (χ1n) is 8.91. The van der Waals surface area contributed by atoms with Crippen molar-refractivity contribution in [3.63, 3.8) is 0 Å². The normalized spacial score (nSPS) is 11.0. The van der Waals surface area contributed by atoms with E-state index in [1.165, 1.54) is 21.2 Å². The van der Waals surface area contributed by atoms with Crippen LogP contribution in [-0.2, 0) is 6.42 Å². The maximum Gasteiger partial charge on any atom is 0.220 e. The van der Waals surface area contributed by atoms with Gasteiger partial charge in [0, 0.05) is 22.9 Å². The van der Waals surface area contributed by atoms with Gasteiger partial charge in [-0.05, 0) is 59.8 Å². The third-order valence-electron chi connectivity index (χ3n) is 4.79. The quantitative estimate of drug-likeness (QED) is 0.526. The number of aryl methyl sites for hydroxylation is 1. The van der Waals surface area contributed by atoms with Crippen molar-refractivity contribution in [2.45, 2.75) is 13.3 Å². The Labute approximate surface area is 167 Å². The standard InChI is InChI=1S/C22H21N3O2S/c1-13-17-11-14(10-15-12-16(26-2)5-6-19(15)27-3)4-7-20(17)28-21(13)18-8-9-24-22(23)25-18/h4-9,11-12H,10H2,1-3H3,(H2,23,24,25). The maximum atomic E-state index is 5.76. The lowest BCUT2D eigenvalue weighted by Crippen LogP contribution is -1.95. The van der Waals surface area contributed by atoms with E-state index in [0.29, 0.717) is 5.95 Å². The maximum absolute atomic E-state index is 5.76. The van der Waals surface area contributed by atoms with E-state index >= 15 is 0 Å². The van der Waals surface area contributed by atoms with Crippen LogP contribution in [0.2, 0.25) is 0 Å². The van der Waals surface area contributed by atoms with Gasteiger partial charge in [-0.1, -0.05) is 6.07 Å². The van der Waals surface area contributed by atoms with Crippen LogP contribution in [0.1, 0.15) is 16.7 Å². The summed E-state index contributed by atoms with van der Waals surface area (Å²) in [6.07, 6.45) is 2.46. The Hall–Kier alpha value is -3.12. The number of thiophene rings is 1. The number of nitrogen functional groups attached to an aromatic ring is 1. The van der Waals surface area contributed by atoms with Gasteiger partial charge in [-0.2, -0.15) is 0 Å². The minimum atomic E-state index is 0.292. The molecule has 2 aromatic carbocycles. The van der Waals surface area contributed by atoms with E-state index in [4.69, 9.17) is 15.2 Å². The minimum Gasteiger partial charge on any atom is -0.497 e. The molecule has 28 heavy (non-hydrogen) atoms. The molecule has 0 saturated heterocycles. The highest BCUT2D eigenvalue weighted by molar-refractivity contribution is 7.22. The van der Waals surface area contributed by atoms with E-state index in [9.17, 15) is 0 Å². The molecule has 0 spiro atoms. The molecule has 0 fully saturated rings. The van der Waals surface area contributed by atoms with Crippen molar-refractivity contribution in [2.24, 2.45) is 0 Å². The summed E-state index contributed by atoms with van der Waals surface area (Å²) in [7, 11) is 3.37. The molecule has 0 radical (unpaired) electrons. The molecule has 142 valence electrons. The van der Waals surface area contributed by atoms with Crippen molar-refractivity contribution in [1.82, 2.24) is 9.97 Å². The molecule has 2 N–H and O–H groups in total. The fourth-order valence-electron chi connectivity index (χ4n) is 3.36. The van der Waals surface area contributed by atoms with Crippen molar-refractivity contribution in [3.05, 3.63) is 65.4 Å². The Kier molecular flexibility index (Phi) is 4.88. The van der Waals surface area contributed by atoms with Gasteiger partial charge in [-0.15, -0.1) is 11.3 Å². The summed E-state index contributed by atoms with van der Waals surface area (Å²) < 4.78 is 12.1. The third kappa shape index (κ3) is 3.39. The van der Waals surface area contributed by atoms with Crippen LogP contribution in [0, 0.1) is 6.92 Å². The molecular formula is C22H21N3O2S. The van der Waals surface area contributed by atoms with E-state index in [1.54, 1.807) is 31.8 Å². The second-order valence-corrected chi connectivity index (χ2v) is 7.59. The van der Waals surface area contributed by atoms with Gasteiger partial charge in [0.25, 0.3) is 0 Å². The van der Waals surface area contributed by atoms with Crippen LogP contribution in [0.25, 0.3) is 20.7 Å². The van der Waals surface area contributed by atoms with Crippen LogP contribution < -0.4 is 15.2 Å². The number of nitrogens with two attached hydrogens (primary N) is 1. The number of anilines is 1. The third-order valence-corrected chi connectivity index (χ3v) is 6.08. The van der Waals surface area contributed by atoms with Crippen molar-refractivity contribution in [1.29, 1.82) is 0 Å². The highest BCUT2D eigenvalue weighted by Gasteiger charge is 2.13. The number of benzene rings is 2. The molecule has 4 aromatic rings. The van der Waals surface area contributed by atoms with Crippen molar-refractivity contribution < 1.29 is 9.47 Å². The predicted octanol–water partition coefficient (Wildman–Crippen LogP) is 4.86. The first-order chi connectivity index (χ1) is 13.6. The predicted molar refractivity (Wildman–Crippen MR) is 114 cm³/mol. The van der Waals surface area contributed by atoms with Crippen LogP contribution in [0.3, 0.4) is 0 Å². The Morgan fingerprint density at radius 1 is 1.04 bits per heavy atom. The van der Waals surface area contributed by atoms with Crippen molar-refractivity contribution in [2.75, 3.05) is 20.0 Å². The highest BCUT2D eigenvalue weighted by atomic mass is 32.1. The van der Waals surface area contributed by atoms with Gasteiger partial charge in [0.2, 0.25) is 5.95 Å². The van der Waals surface area contributed by atoms with E-state index in [0.717, 1.165) is 34.1 Å². The lowest BCUT2D eigenvalue weighted by Gasteiger charge is -2.11. The zero-order valence-corrected chi connectivity index (χ0v) is 16.8. The fourth-order valence-corrected chi connectivity index (χ4v) is 4.52. The van der Waals surface area contributed by atoms with E-state index < -0.39 is 0 Å². The Morgan fingerprint density at radius 2 is 1.89 bits per heavy atom. The summed E-state index contributed by atoms with van der Waals surface area (Å²) in [4.78, 5) is 9.49. The summed E-state index contributed by atoms with van der Waals surface area (Å²) in [5.74, 6) is 1.98. The lowest BCUT2D eigenvalue weighted by atomic mass is 10.0. The molecule has 6 heteroatoms. The molecule has 0 bridgehead atoms. The first kappa shape index (κ1) is 18.3. The van der Waals surface area contributed by atoms with Gasteiger partial charge >= 0.3 is 0 Å². The molecular weight excluding hydrogens is 370 g/mol. The van der Waals surface area contributed by atoms with Gasteiger partial charge < -0.3 is 15.2 Å². The number of ether oxygens (including phenoxy) is 2. The molecule has 5 nitrogen and oxygen atoms in total. The van der Waals surface area contributed by atoms with Crippen molar-refractivity contribution >= 4 is 27.4 Å². The summed E-state index contributed by atoms with van der Waals surface area (Å²) in [5, 5.41) is 1.23. The zero-order chi connectivity index (χ0) is 19.7. The van der Waals surface area contributed by atoms with Crippen LogP contribution in [0.5, 0.6) is 11.5 Å². The molecule has 0 amide bonds. The van der Waals surface area contributed by atoms with Gasteiger partial charge in [0.15, 0.2) is 0 Å². The molecule has 0 unspecified atom stereocenters. The second-order valence-electron chi connectivity index (χ2n) is 6.54. The van der Waals surface area contributed by atoms with Crippen LogP contribution in [0.15, 0.2) is 48.7 Å². The summed E-state index contributed by atoms with van der Waals surface area (Å²) in [6, 6.07) is 14.4. The number of hydrogen-bond acceptors (Lipinski definition) is 6. The SMILES string of the molecule is COc1ccc(OC)c(Cc2ccc3sc(-c4ccnc(N)n4)c(C)c3c2)c1. The number of rotatable bonds is 5. The number of aromatic nitrogens is 2. The van der Waals surface area contributed by atoms with E-state index in [1.807, 2.05) is 24.3 Å². The Balaban J connectivity index is 1.74. The van der Waals surface area contributed by atoms with Gasteiger partial charge in [0.05, 0.1) is 24.8 Å². The van der Waals surface area contributed by atoms with Crippen molar-refractivity contribution in [3.8, 4) is 22.1 Å². The fraction of sp³-hybridized carbons (Fsp3) is 0.182. The highest BCUT2D eigenvalue weighted by Crippen LogP contribution is 2.38. The van der Waals surface area contributed by atoms with Crippen LogP contribution in [0.4, 0.5) is 5.95 Å². The van der Waals surface area contributed by atoms with E-state index in [-0.39, 0.29) is 0 Å². The Morgan fingerprint density at radius 3 is 2.64 bits per heavy atom. The summed E-state index contributed by atoms with van der Waals surface area (Å²) in [6.45, 7) is 2.13. The molecule has 0 atom stereocenters. The number of hydrogen-bond donors (Lipinski definition) is 1. The van der Waals surface area contributed by atoms with Gasteiger partial charge in [0.1, 0.15) is 11.5 Å². The van der Waals surface area contributed by atoms with Crippen LogP contribution >= 0.6 is 11.3 Å². The summed E-state index contributed by atoms with van der Waals surface area (Å²) in [5.41, 5.74) is 10.1. The monoisotopic (exact) mass is 391 g/mol. The molecule has 0 aliphatic rings. The Bertz CT molecular complexity index is 1150. The average molecular weight is 391 g/mol. The molecule has 2 heterocycles. The van der Waals surface area contributed by atoms with Crippen LogP contribution in [-0.4, -0.2) is 24.2 Å². The largest absolute Gasteiger partial charge is 0.497 e. The van der Waals surface area contributed by atoms with E-state index in [2.05, 4.69) is 35.1 Å². The first-order valence-corrected chi connectivity index (χ1v) is 9.72. The second kappa shape index (κ2) is 7.48. The topological polar surface area (TPSA) is 70.3 Å². The smallest absolute Gasteiger partial charge is 0.220 e. The average Bonchev–Trinajstić information content (AvgIpc) is 3.04. The molecule has 0 saturated carbocycles. The zero-order valence-electron chi connectivity index (χ0n) is 16.0. The van der Waals surface area contributed by atoms with Gasteiger partial charge in [-0.25, -0.2) is 9.97 Å². The van der Waals surface area contributed by atoms with Gasteiger partial charge in [-0.3, -0.25) is 0 Å². The number of methoxy groups -OCH3 is 2.